The number of nitrogens with zero attached hydrogens (tertiary/aromatic N) is 1. The van der Waals surface area contributed by atoms with E-state index in [2.05, 4.69) is 55.3 Å². The van der Waals surface area contributed by atoms with Gasteiger partial charge in [-0.25, -0.2) is 0 Å². The summed E-state index contributed by atoms with van der Waals surface area (Å²) in [6.07, 6.45) is 4.18. The van der Waals surface area contributed by atoms with Crippen molar-refractivity contribution in [3.63, 3.8) is 0 Å². The first-order valence-corrected chi connectivity index (χ1v) is 8.07. The summed E-state index contributed by atoms with van der Waals surface area (Å²) >= 11 is 1.92. The Morgan fingerprint density at radius 1 is 1.30 bits per heavy atom. The number of rotatable bonds is 6. The number of hydrogen-bond donors (Lipinski definition) is 2. The smallest absolute Gasteiger partial charge is 0.0522 e. The van der Waals surface area contributed by atoms with Crippen LogP contribution in [0, 0.1) is 6.92 Å². The number of H-pyrrole nitrogens is 1. The van der Waals surface area contributed by atoms with Crippen LogP contribution in [-0.4, -0.2) is 16.7 Å². The summed E-state index contributed by atoms with van der Waals surface area (Å²) in [7, 11) is 0. The molecule has 0 amide bonds. The molecule has 0 saturated carbocycles. The molecule has 0 radical (unpaired) electrons. The minimum absolute atomic E-state index is 0.266. The molecule has 0 saturated heterocycles. The molecule has 110 valence electrons. The van der Waals surface area contributed by atoms with Crippen molar-refractivity contribution in [3.05, 3.63) is 39.3 Å². The second-order valence-electron chi connectivity index (χ2n) is 6.32. The van der Waals surface area contributed by atoms with Gasteiger partial charge in [0.2, 0.25) is 0 Å². The highest BCUT2D eigenvalue weighted by atomic mass is 32.1. The standard InChI is InChI=1S/C16H25N3S/c1-12-13(10-18-19-12)6-5-9-17-11-14-7-8-15(20-14)16(2,3)4/h7-8,10,17H,5-6,9,11H2,1-4H3,(H,18,19). The van der Waals surface area contributed by atoms with Crippen molar-refractivity contribution < 1.29 is 0 Å². The van der Waals surface area contributed by atoms with Gasteiger partial charge in [0.05, 0.1) is 6.20 Å². The van der Waals surface area contributed by atoms with Crippen molar-refractivity contribution in [3.8, 4) is 0 Å². The Hall–Kier alpha value is -1.13. The summed E-state index contributed by atoms with van der Waals surface area (Å²) < 4.78 is 0. The Labute approximate surface area is 125 Å². The number of aromatic amines is 1. The summed E-state index contributed by atoms with van der Waals surface area (Å²) in [4.78, 5) is 2.89. The van der Waals surface area contributed by atoms with Gasteiger partial charge in [-0.1, -0.05) is 20.8 Å². The first kappa shape index (κ1) is 15.3. The number of hydrogen-bond acceptors (Lipinski definition) is 3. The molecule has 2 rings (SSSR count). The first-order chi connectivity index (χ1) is 9.47. The molecule has 20 heavy (non-hydrogen) atoms. The van der Waals surface area contributed by atoms with E-state index in [0.717, 1.165) is 25.9 Å². The second kappa shape index (κ2) is 6.55. The lowest BCUT2D eigenvalue weighted by Gasteiger charge is -2.15. The van der Waals surface area contributed by atoms with Crippen LogP contribution in [0.3, 0.4) is 0 Å². The Morgan fingerprint density at radius 3 is 2.70 bits per heavy atom. The van der Waals surface area contributed by atoms with Gasteiger partial charge in [0.25, 0.3) is 0 Å². The van der Waals surface area contributed by atoms with Gasteiger partial charge in [-0.3, -0.25) is 5.10 Å². The SMILES string of the molecule is Cc1[nH]ncc1CCCNCc1ccc(C(C)(C)C)s1. The molecule has 0 atom stereocenters. The Morgan fingerprint density at radius 2 is 2.10 bits per heavy atom. The van der Waals surface area contributed by atoms with Crippen LogP contribution >= 0.6 is 11.3 Å². The highest BCUT2D eigenvalue weighted by Crippen LogP contribution is 2.29. The highest BCUT2D eigenvalue weighted by molar-refractivity contribution is 7.12. The van der Waals surface area contributed by atoms with Crippen LogP contribution in [0.15, 0.2) is 18.3 Å². The third-order valence-electron chi connectivity index (χ3n) is 3.43. The number of aryl methyl sites for hydroxylation is 2. The fraction of sp³-hybridized carbons (Fsp3) is 0.562. The summed E-state index contributed by atoms with van der Waals surface area (Å²) in [5, 5.41) is 10.6. The van der Waals surface area contributed by atoms with Crippen molar-refractivity contribution in [1.82, 2.24) is 15.5 Å². The van der Waals surface area contributed by atoms with E-state index < -0.39 is 0 Å². The van der Waals surface area contributed by atoms with Crippen LogP contribution in [0.2, 0.25) is 0 Å². The second-order valence-corrected chi connectivity index (χ2v) is 7.48. The molecule has 0 fully saturated rings. The lowest BCUT2D eigenvalue weighted by molar-refractivity contribution is 0.604. The summed E-state index contributed by atoms with van der Waals surface area (Å²) in [6, 6.07) is 4.51. The number of thiophene rings is 1. The van der Waals surface area contributed by atoms with Crippen LogP contribution < -0.4 is 5.32 Å². The topological polar surface area (TPSA) is 40.7 Å². The highest BCUT2D eigenvalue weighted by Gasteiger charge is 2.15. The molecule has 0 spiro atoms. The van der Waals surface area contributed by atoms with Crippen molar-refractivity contribution in [2.75, 3.05) is 6.54 Å². The van der Waals surface area contributed by atoms with Gasteiger partial charge >= 0.3 is 0 Å². The van der Waals surface area contributed by atoms with Crippen molar-refractivity contribution in [1.29, 1.82) is 0 Å². The normalized spacial score (nSPS) is 12.0. The summed E-state index contributed by atoms with van der Waals surface area (Å²) in [5.41, 5.74) is 2.79. The van der Waals surface area contributed by atoms with Crippen molar-refractivity contribution in [2.45, 2.75) is 52.5 Å². The molecule has 4 heteroatoms. The molecule has 0 bridgehead atoms. The van der Waals surface area contributed by atoms with E-state index in [0.29, 0.717) is 0 Å². The Bertz CT molecular complexity index is 534. The fourth-order valence-electron chi connectivity index (χ4n) is 2.12. The quantitative estimate of drug-likeness (QED) is 0.795. The Balaban J connectivity index is 1.69. The number of aromatic nitrogens is 2. The molecule has 0 aromatic carbocycles. The molecule has 0 unspecified atom stereocenters. The minimum Gasteiger partial charge on any atom is -0.312 e. The monoisotopic (exact) mass is 291 g/mol. The average molecular weight is 291 g/mol. The van der Waals surface area contributed by atoms with Crippen molar-refractivity contribution >= 4 is 11.3 Å². The van der Waals surface area contributed by atoms with Gasteiger partial charge in [0.1, 0.15) is 0 Å². The maximum Gasteiger partial charge on any atom is 0.0522 e. The van der Waals surface area contributed by atoms with Crippen LogP contribution in [0.1, 0.15) is 48.2 Å². The van der Waals surface area contributed by atoms with E-state index in [-0.39, 0.29) is 5.41 Å². The molecule has 2 aromatic rings. The fourth-order valence-corrected chi connectivity index (χ4v) is 3.15. The van der Waals surface area contributed by atoms with Crippen LogP contribution in [-0.2, 0) is 18.4 Å². The molecule has 2 heterocycles. The lowest BCUT2D eigenvalue weighted by atomic mass is 9.95. The zero-order valence-electron chi connectivity index (χ0n) is 12.9. The van der Waals surface area contributed by atoms with Crippen LogP contribution in [0.4, 0.5) is 0 Å². The van der Waals surface area contributed by atoms with Gasteiger partial charge in [0, 0.05) is 22.0 Å². The Kier molecular flexibility index (Phi) is 5.00. The van der Waals surface area contributed by atoms with Gasteiger partial charge in [0.15, 0.2) is 0 Å². The van der Waals surface area contributed by atoms with Gasteiger partial charge < -0.3 is 5.32 Å². The molecular formula is C16H25N3S. The maximum absolute atomic E-state index is 4.05. The maximum atomic E-state index is 4.05. The molecule has 2 N–H and O–H groups in total. The molecule has 2 aromatic heterocycles. The molecule has 0 aliphatic heterocycles. The van der Waals surface area contributed by atoms with Gasteiger partial charge in [-0.05, 0) is 49.4 Å². The summed E-state index contributed by atoms with van der Waals surface area (Å²) in [6.45, 7) is 10.9. The third-order valence-corrected chi connectivity index (χ3v) is 4.95. The molecular weight excluding hydrogens is 266 g/mol. The van der Waals surface area contributed by atoms with E-state index in [1.165, 1.54) is 21.0 Å². The lowest BCUT2D eigenvalue weighted by Crippen LogP contribution is -2.14. The van der Waals surface area contributed by atoms with E-state index in [1.54, 1.807) is 0 Å². The third kappa shape index (κ3) is 4.18. The van der Waals surface area contributed by atoms with E-state index in [4.69, 9.17) is 0 Å². The molecule has 0 aliphatic carbocycles. The predicted octanol–water partition coefficient (Wildman–Crippen LogP) is 3.80. The van der Waals surface area contributed by atoms with Crippen molar-refractivity contribution in [2.24, 2.45) is 0 Å². The largest absolute Gasteiger partial charge is 0.312 e. The summed E-state index contributed by atoms with van der Waals surface area (Å²) in [5.74, 6) is 0. The van der Waals surface area contributed by atoms with E-state index in [9.17, 15) is 0 Å². The van der Waals surface area contributed by atoms with Crippen LogP contribution in [0.25, 0.3) is 0 Å². The minimum atomic E-state index is 0.266. The van der Waals surface area contributed by atoms with Gasteiger partial charge in [-0.2, -0.15) is 5.10 Å². The first-order valence-electron chi connectivity index (χ1n) is 7.25. The van der Waals surface area contributed by atoms with Gasteiger partial charge in [-0.15, -0.1) is 11.3 Å². The molecule has 3 nitrogen and oxygen atoms in total. The number of nitrogens with one attached hydrogen (secondary N) is 2. The average Bonchev–Trinajstić information content (AvgIpc) is 2.98. The van der Waals surface area contributed by atoms with Crippen LogP contribution in [0.5, 0.6) is 0 Å². The predicted molar refractivity (Wildman–Crippen MR) is 86.4 cm³/mol. The van der Waals surface area contributed by atoms with E-state index >= 15 is 0 Å². The zero-order chi connectivity index (χ0) is 14.6. The molecule has 0 aliphatic rings. The zero-order valence-corrected chi connectivity index (χ0v) is 13.7. The van der Waals surface area contributed by atoms with E-state index in [1.807, 2.05) is 17.5 Å².